The average Bonchev–Trinajstić information content (AvgIpc) is 2.43. The molecule has 4 heteroatoms. The summed E-state index contributed by atoms with van der Waals surface area (Å²) < 4.78 is 2.09. The second kappa shape index (κ2) is 4.73. The lowest BCUT2D eigenvalue weighted by molar-refractivity contribution is 0.593. The zero-order chi connectivity index (χ0) is 10.7. The van der Waals surface area contributed by atoms with Crippen LogP contribution in [-0.4, -0.2) is 14.8 Å². The Morgan fingerprint density at radius 1 is 1.43 bits per heavy atom. The molecular formula is C10H19N3S. The fourth-order valence-corrected chi connectivity index (χ4v) is 2.08. The Morgan fingerprint density at radius 2 is 2.07 bits per heavy atom. The quantitative estimate of drug-likeness (QED) is 0.836. The minimum atomic E-state index is 0.389. The number of rotatable bonds is 4. The Kier molecular flexibility index (Phi) is 3.86. The highest BCUT2D eigenvalue weighted by molar-refractivity contribution is 7.99. The highest BCUT2D eigenvalue weighted by atomic mass is 32.2. The molecule has 14 heavy (non-hydrogen) atoms. The standard InChI is InChI=1S/C10H19N3S/c1-7(2)13-9(5-12-10(13)11)6-14-8(3)4/h5,7-8H,6H2,1-4H3,(H2,11,12). The number of nitrogen functional groups attached to an aromatic ring is 1. The smallest absolute Gasteiger partial charge is 0.200 e. The van der Waals surface area contributed by atoms with Gasteiger partial charge in [-0.3, -0.25) is 0 Å². The summed E-state index contributed by atoms with van der Waals surface area (Å²) in [5.41, 5.74) is 7.01. The van der Waals surface area contributed by atoms with Gasteiger partial charge in [0.2, 0.25) is 5.95 Å². The summed E-state index contributed by atoms with van der Waals surface area (Å²) in [6.07, 6.45) is 1.88. The fourth-order valence-electron chi connectivity index (χ4n) is 1.37. The van der Waals surface area contributed by atoms with Gasteiger partial charge in [-0.05, 0) is 19.1 Å². The van der Waals surface area contributed by atoms with Gasteiger partial charge in [0.1, 0.15) is 0 Å². The first-order valence-corrected chi connectivity index (χ1v) is 6.00. The number of imidazole rings is 1. The van der Waals surface area contributed by atoms with E-state index < -0.39 is 0 Å². The minimum Gasteiger partial charge on any atom is -0.369 e. The average molecular weight is 213 g/mol. The summed E-state index contributed by atoms with van der Waals surface area (Å²) in [5.74, 6) is 1.61. The second-order valence-electron chi connectivity index (χ2n) is 3.93. The van der Waals surface area contributed by atoms with Crippen molar-refractivity contribution in [2.45, 2.75) is 44.7 Å². The van der Waals surface area contributed by atoms with Crippen molar-refractivity contribution >= 4 is 17.7 Å². The highest BCUT2D eigenvalue weighted by Crippen LogP contribution is 2.22. The molecule has 1 rings (SSSR count). The van der Waals surface area contributed by atoms with Crippen LogP contribution in [0.15, 0.2) is 6.20 Å². The number of hydrogen-bond donors (Lipinski definition) is 1. The van der Waals surface area contributed by atoms with Crippen molar-refractivity contribution in [1.29, 1.82) is 0 Å². The van der Waals surface area contributed by atoms with Crippen LogP contribution in [0.5, 0.6) is 0 Å². The summed E-state index contributed by atoms with van der Waals surface area (Å²) in [4.78, 5) is 4.14. The SMILES string of the molecule is CC(C)SCc1cnc(N)n1C(C)C. The van der Waals surface area contributed by atoms with Gasteiger partial charge >= 0.3 is 0 Å². The molecule has 0 bridgehead atoms. The van der Waals surface area contributed by atoms with Crippen LogP contribution in [0.3, 0.4) is 0 Å². The third kappa shape index (κ3) is 2.67. The Balaban J connectivity index is 2.76. The number of nitrogens with two attached hydrogens (primary N) is 1. The number of nitrogens with zero attached hydrogens (tertiary/aromatic N) is 2. The maximum Gasteiger partial charge on any atom is 0.200 e. The van der Waals surface area contributed by atoms with E-state index in [9.17, 15) is 0 Å². The van der Waals surface area contributed by atoms with E-state index in [1.54, 1.807) is 0 Å². The van der Waals surface area contributed by atoms with E-state index in [4.69, 9.17) is 5.73 Å². The van der Waals surface area contributed by atoms with Crippen LogP contribution >= 0.6 is 11.8 Å². The molecule has 0 radical (unpaired) electrons. The molecule has 80 valence electrons. The van der Waals surface area contributed by atoms with Crippen molar-refractivity contribution in [3.8, 4) is 0 Å². The molecule has 1 aromatic heterocycles. The lowest BCUT2D eigenvalue weighted by atomic mass is 10.3. The van der Waals surface area contributed by atoms with Gasteiger partial charge in [-0.1, -0.05) is 13.8 Å². The van der Waals surface area contributed by atoms with Gasteiger partial charge in [0, 0.05) is 17.5 Å². The number of aromatic nitrogens is 2. The van der Waals surface area contributed by atoms with Crippen LogP contribution in [0.2, 0.25) is 0 Å². The Bertz CT molecular complexity index is 292. The van der Waals surface area contributed by atoms with Gasteiger partial charge in [-0.25, -0.2) is 4.98 Å². The summed E-state index contributed by atoms with van der Waals surface area (Å²) in [6, 6.07) is 0.389. The van der Waals surface area contributed by atoms with E-state index in [0.29, 0.717) is 17.2 Å². The topological polar surface area (TPSA) is 43.8 Å². The first kappa shape index (κ1) is 11.4. The first-order chi connectivity index (χ1) is 6.52. The second-order valence-corrected chi connectivity index (χ2v) is 5.50. The first-order valence-electron chi connectivity index (χ1n) is 4.95. The van der Waals surface area contributed by atoms with Crippen molar-refractivity contribution < 1.29 is 0 Å². The molecule has 0 aliphatic heterocycles. The van der Waals surface area contributed by atoms with Crippen molar-refractivity contribution in [3.05, 3.63) is 11.9 Å². The van der Waals surface area contributed by atoms with Crippen molar-refractivity contribution in [2.24, 2.45) is 0 Å². The molecule has 0 atom stereocenters. The maximum atomic E-state index is 5.79. The van der Waals surface area contributed by atoms with Gasteiger partial charge in [0.05, 0.1) is 6.20 Å². The van der Waals surface area contributed by atoms with E-state index in [-0.39, 0.29) is 0 Å². The molecule has 0 fully saturated rings. The third-order valence-electron chi connectivity index (χ3n) is 1.98. The number of hydrogen-bond acceptors (Lipinski definition) is 3. The molecule has 1 heterocycles. The Hall–Kier alpha value is -0.640. The van der Waals surface area contributed by atoms with Crippen LogP contribution < -0.4 is 5.73 Å². The summed E-state index contributed by atoms with van der Waals surface area (Å²) in [5, 5.41) is 0.645. The summed E-state index contributed by atoms with van der Waals surface area (Å²) in [6.45, 7) is 8.65. The molecule has 3 nitrogen and oxygen atoms in total. The molecule has 0 aromatic carbocycles. The van der Waals surface area contributed by atoms with Crippen LogP contribution in [0.25, 0.3) is 0 Å². The van der Waals surface area contributed by atoms with Crippen LogP contribution in [0, 0.1) is 0 Å². The van der Waals surface area contributed by atoms with E-state index in [1.807, 2.05) is 18.0 Å². The van der Waals surface area contributed by atoms with E-state index in [0.717, 1.165) is 5.75 Å². The number of anilines is 1. The predicted octanol–water partition coefficient (Wildman–Crippen LogP) is 2.69. The zero-order valence-corrected chi connectivity index (χ0v) is 10.1. The van der Waals surface area contributed by atoms with Crippen LogP contribution in [0.4, 0.5) is 5.95 Å². The van der Waals surface area contributed by atoms with Gasteiger partial charge in [-0.15, -0.1) is 0 Å². The molecule has 0 unspecified atom stereocenters. The maximum absolute atomic E-state index is 5.79. The molecule has 0 saturated heterocycles. The van der Waals surface area contributed by atoms with Crippen LogP contribution in [0.1, 0.15) is 39.4 Å². The number of thioether (sulfide) groups is 1. The Labute approximate surface area is 90.1 Å². The molecule has 2 N–H and O–H groups in total. The molecule has 1 aromatic rings. The summed E-state index contributed by atoms with van der Waals surface area (Å²) >= 11 is 1.91. The molecule has 0 aliphatic carbocycles. The Morgan fingerprint density at radius 3 is 2.57 bits per heavy atom. The molecule has 0 saturated carbocycles. The minimum absolute atomic E-state index is 0.389. The molecule has 0 spiro atoms. The lowest BCUT2D eigenvalue weighted by Gasteiger charge is -2.14. The summed E-state index contributed by atoms with van der Waals surface area (Å²) in [7, 11) is 0. The normalized spacial score (nSPS) is 11.6. The molecular weight excluding hydrogens is 194 g/mol. The van der Waals surface area contributed by atoms with Crippen molar-refractivity contribution in [3.63, 3.8) is 0 Å². The van der Waals surface area contributed by atoms with Gasteiger partial charge < -0.3 is 10.3 Å². The van der Waals surface area contributed by atoms with E-state index in [1.165, 1.54) is 5.69 Å². The lowest BCUT2D eigenvalue weighted by Crippen LogP contribution is -2.09. The zero-order valence-electron chi connectivity index (χ0n) is 9.32. The molecule has 0 aliphatic rings. The van der Waals surface area contributed by atoms with Gasteiger partial charge in [-0.2, -0.15) is 11.8 Å². The van der Waals surface area contributed by atoms with Crippen LogP contribution in [-0.2, 0) is 5.75 Å². The van der Waals surface area contributed by atoms with E-state index in [2.05, 4.69) is 37.2 Å². The monoisotopic (exact) mass is 213 g/mol. The van der Waals surface area contributed by atoms with Gasteiger partial charge in [0.25, 0.3) is 0 Å². The predicted molar refractivity (Wildman–Crippen MR) is 63.5 cm³/mol. The fraction of sp³-hybridized carbons (Fsp3) is 0.700. The van der Waals surface area contributed by atoms with Crippen molar-refractivity contribution in [1.82, 2.24) is 9.55 Å². The largest absolute Gasteiger partial charge is 0.369 e. The highest BCUT2D eigenvalue weighted by Gasteiger charge is 2.10. The third-order valence-corrected chi connectivity index (χ3v) is 3.11. The van der Waals surface area contributed by atoms with Gasteiger partial charge in [0.15, 0.2) is 0 Å². The molecule has 0 amide bonds. The van der Waals surface area contributed by atoms with Crippen molar-refractivity contribution in [2.75, 3.05) is 5.73 Å². The van der Waals surface area contributed by atoms with E-state index >= 15 is 0 Å².